The average Bonchev–Trinajstić information content (AvgIpc) is 3.28. The van der Waals surface area contributed by atoms with Gasteiger partial charge in [0.2, 0.25) is 4.96 Å². The topological polar surface area (TPSA) is 56.0 Å². The van der Waals surface area contributed by atoms with E-state index in [1.807, 2.05) is 40.9 Å². The fourth-order valence-electron chi connectivity index (χ4n) is 3.21. The van der Waals surface area contributed by atoms with Gasteiger partial charge in [-0.1, -0.05) is 73.7 Å². The summed E-state index contributed by atoms with van der Waals surface area (Å²) < 4.78 is 1.86. The van der Waals surface area contributed by atoms with Crippen LogP contribution in [0.3, 0.4) is 0 Å². The first kappa shape index (κ1) is 16.1. The molecule has 0 amide bonds. The van der Waals surface area contributed by atoms with Gasteiger partial charge >= 0.3 is 0 Å². The zero-order valence-corrected chi connectivity index (χ0v) is 15.8. The first-order valence-electron chi connectivity index (χ1n) is 8.88. The molecule has 132 valence electrons. The normalized spacial score (nSPS) is 11.7. The van der Waals surface area contributed by atoms with E-state index in [2.05, 4.69) is 48.3 Å². The Morgan fingerprint density at radius 3 is 2.52 bits per heavy atom. The van der Waals surface area contributed by atoms with Crippen LogP contribution in [0.15, 0.2) is 60.7 Å². The Balaban J connectivity index is 1.77. The minimum absolute atomic E-state index is 0.268. The summed E-state index contributed by atoms with van der Waals surface area (Å²) in [6.45, 7) is 4.20. The summed E-state index contributed by atoms with van der Waals surface area (Å²) in [5.41, 5.74) is 4.07. The monoisotopic (exact) mass is 371 g/mol. The molecule has 0 N–H and O–H groups in total. The molecule has 27 heavy (non-hydrogen) atoms. The first-order chi connectivity index (χ1) is 13.2. The highest BCUT2D eigenvalue weighted by Gasteiger charge is 2.17. The minimum atomic E-state index is 0.268. The summed E-state index contributed by atoms with van der Waals surface area (Å²) >= 11 is 1.56. The van der Waals surface area contributed by atoms with E-state index in [9.17, 15) is 0 Å². The number of hydrogen-bond acceptors (Lipinski definition) is 5. The lowest BCUT2D eigenvalue weighted by atomic mass is 10.0. The van der Waals surface area contributed by atoms with E-state index in [0.29, 0.717) is 0 Å². The number of hydrogen-bond donors (Lipinski definition) is 0. The van der Waals surface area contributed by atoms with E-state index in [0.717, 1.165) is 43.5 Å². The number of para-hydroxylation sites is 1. The Labute approximate surface area is 160 Å². The molecule has 0 saturated heterocycles. The van der Waals surface area contributed by atoms with Crippen molar-refractivity contribution in [2.24, 2.45) is 0 Å². The highest BCUT2D eigenvalue weighted by Crippen LogP contribution is 2.34. The van der Waals surface area contributed by atoms with Gasteiger partial charge in [0.25, 0.3) is 0 Å². The van der Waals surface area contributed by atoms with Gasteiger partial charge in [0.15, 0.2) is 5.82 Å². The number of benzene rings is 2. The molecule has 3 heterocycles. The Kier molecular flexibility index (Phi) is 3.72. The van der Waals surface area contributed by atoms with E-state index < -0.39 is 0 Å². The van der Waals surface area contributed by atoms with Crippen LogP contribution < -0.4 is 0 Å². The molecule has 5 aromatic rings. The third kappa shape index (κ3) is 2.69. The quantitative estimate of drug-likeness (QED) is 0.438. The fraction of sp³-hybridized carbons (Fsp3) is 0.143. The number of fused-ring (bicyclic) bond motifs is 2. The van der Waals surface area contributed by atoms with E-state index >= 15 is 0 Å². The third-order valence-electron chi connectivity index (χ3n) is 4.55. The van der Waals surface area contributed by atoms with E-state index in [1.165, 1.54) is 0 Å². The summed E-state index contributed by atoms with van der Waals surface area (Å²) in [7, 11) is 0. The molecule has 2 aromatic carbocycles. The van der Waals surface area contributed by atoms with E-state index in [4.69, 9.17) is 10.1 Å². The van der Waals surface area contributed by atoms with Gasteiger partial charge in [0.05, 0.1) is 11.2 Å². The highest BCUT2D eigenvalue weighted by molar-refractivity contribution is 7.19. The SMILES string of the molecule is CC(C)c1nnc2sc(-c3cc(-c4ccccc4)nc4ccccc34)nn12. The molecular formula is C21H17N5S. The Morgan fingerprint density at radius 1 is 0.926 bits per heavy atom. The molecule has 0 spiro atoms. The summed E-state index contributed by atoms with van der Waals surface area (Å²) in [6, 6.07) is 20.6. The standard InChI is InChI=1S/C21H17N5S/c1-13(2)19-23-24-21-26(19)25-20(27-21)16-12-18(14-8-4-3-5-9-14)22-17-11-7-6-10-15(16)17/h3-13H,1-2H3. The lowest BCUT2D eigenvalue weighted by molar-refractivity contribution is 0.727. The molecule has 6 heteroatoms. The Hall–Kier alpha value is -3.12. The largest absolute Gasteiger partial charge is 0.248 e. The second-order valence-electron chi connectivity index (χ2n) is 6.75. The van der Waals surface area contributed by atoms with Gasteiger partial charge in [-0.2, -0.15) is 9.61 Å². The highest BCUT2D eigenvalue weighted by atomic mass is 32.1. The van der Waals surface area contributed by atoms with Crippen molar-refractivity contribution in [3.63, 3.8) is 0 Å². The van der Waals surface area contributed by atoms with Crippen molar-refractivity contribution in [1.82, 2.24) is 24.8 Å². The van der Waals surface area contributed by atoms with Crippen molar-refractivity contribution in [3.05, 3.63) is 66.5 Å². The van der Waals surface area contributed by atoms with Crippen LogP contribution in [0.25, 0.3) is 37.7 Å². The summed E-state index contributed by atoms with van der Waals surface area (Å²) in [5, 5.41) is 15.4. The molecule has 0 bridgehead atoms. The van der Waals surface area contributed by atoms with Crippen molar-refractivity contribution in [2.45, 2.75) is 19.8 Å². The molecule has 0 atom stereocenters. The van der Waals surface area contributed by atoms with Gasteiger partial charge in [0, 0.05) is 22.4 Å². The lowest BCUT2D eigenvalue weighted by Crippen LogP contribution is -1.98. The van der Waals surface area contributed by atoms with Crippen LogP contribution in [-0.2, 0) is 0 Å². The molecular weight excluding hydrogens is 354 g/mol. The smallest absolute Gasteiger partial charge is 0.234 e. The third-order valence-corrected chi connectivity index (χ3v) is 5.48. The summed E-state index contributed by atoms with van der Waals surface area (Å²) in [5.74, 6) is 1.15. The maximum Gasteiger partial charge on any atom is 0.234 e. The maximum absolute atomic E-state index is 4.86. The van der Waals surface area contributed by atoms with Crippen LogP contribution in [-0.4, -0.2) is 24.8 Å². The number of pyridine rings is 1. The van der Waals surface area contributed by atoms with Crippen molar-refractivity contribution in [2.75, 3.05) is 0 Å². The molecule has 0 unspecified atom stereocenters. The Bertz CT molecular complexity index is 1250. The summed E-state index contributed by atoms with van der Waals surface area (Å²) in [4.78, 5) is 5.68. The fourth-order valence-corrected chi connectivity index (χ4v) is 4.09. The molecule has 3 aromatic heterocycles. The molecule has 0 saturated carbocycles. The second-order valence-corrected chi connectivity index (χ2v) is 7.71. The van der Waals surface area contributed by atoms with Gasteiger partial charge in [-0.25, -0.2) is 4.98 Å². The van der Waals surface area contributed by atoms with Crippen molar-refractivity contribution < 1.29 is 0 Å². The molecule has 0 radical (unpaired) electrons. The predicted molar refractivity (Wildman–Crippen MR) is 109 cm³/mol. The van der Waals surface area contributed by atoms with Gasteiger partial charge in [-0.3, -0.25) is 0 Å². The van der Waals surface area contributed by atoms with Crippen LogP contribution in [0.2, 0.25) is 0 Å². The molecule has 5 rings (SSSR count). The molecule has 0 aliphatic heterocycles. The molecule has 0 aliphatic carbocycles. The first-order valence-corrected chi connectivity index (χ1v) is 9.70. The van der Waals surface area contributed by atoms with Gasteiger partial charge in [0.1, 0.15) is 5.01 Å². The van der Waals surface area contributed by atoms with Gasteiger partial charge in [-0.05, 0) is 12.1 Å². The number of nitrogens with zero attached hydrogens (tertiary/aromatic N) is 5. The number of aromatic nitrogens is 5. The van der Waals surface area contributed by atoms with Gasteiger partial charge < -0.3 is 0 Å². The zero-order valence-electron chi connectivity index (χ0n) is 15.0. The van der Waals surface area contributed by atoms with Crippen LogP contribution in [0.4, 0.5) is 0 Å². The van der Waals surface area contributed by atoms with Gasteiger partial charge in [-0.15, -0.1) is 10.2 Å². The lowest BCUT2D eigenvalue weighted by Gasteiger charge is -2.08. The number of rotatable bonds is 3. The summed E-state index contributed by atoms with van der Waals surface area (Å²) in [6.07, 6.45) is 0. The van der Waals surface area contributed by atoms with Crippen molar-refractivity contribution in [1.29, 1.82) is 0 Å². The van der Waals surface area contributed by atoms with Crippen LogP contribution in [0, 0.1) is 0 Å². The minimum Gasteiger partial charge on any atom is -0.248 e. The molecule has 0 aliphatic rings. The predicted octanol–water partition coefficient (Wildman–Crippen LogP) is 5.19. The van der Waals surface area contributed by atoms with Crippen molar-refractivity contribution >= 4 is 27.2 Å². The van der Waals surface area contributed by atoms with Crippen LogP contribution in [0.1, 0.15) is 25.6 Å². The zero-order chi connectivity index (χ0) is 18.4. The molecule has 5 nitrogen and oxygen atoms in total. The maximum atomic E-state index is 4.86. The van der Waals surface area contributed by atoms with E-state index in [1.54, 1.807) is 11.3 Å². The second kappa shape index (κ2) is 6.25. The average molecular weight is 371 g/mol. The van der Waals surface area contributed by atoms with E-state index in [-0.39, 0.29) is 5.92 Å². The van der Waals surface area contributed by atoms with Crippen LogP contribution in [0.5, 0.6) is 0 Å². The van der Waals surface area contributed by atoms with Crippen molar-refractivity contribution in [3.8, 4) is 21.8 Å². The van der Waals surface area contributed by atoms with Crippen LogP contribution >= 0.6 is 11.3 Å². The molecule has 0 fully saturated rings. The Morgan fingerprint density at radius 2 is 1.70 bits per heavy atom.